The maximum Gasteiger partial charge on any atom is 0.251 e. The summed E-state index contributed by atoms with van der Waals surface area (Å²) >= 11 is 0. The fourth-order valence-corrected chi connectivity index (χ4v) is 3.39. The SMILES string of the molecule is CCCOc1cccc(C(=O)NC2CC3CCC(C2)N3)c1.Cl. The van der Waals surface area contributed by atoms with E-state index in [1.54, 1.807) is 0 Å². The van der Waals surface area contributed by atoms with Gasteiger partial charge < -0.3 is 15.4 Å². The van der Waals surface area contributed by atoms with E-state index in [1.807, 2.05) is 24.3 Å². The van der Waals surface area contributed by atoms with Crippen LogP contribution in [0.4, 0.5) is 0 Å². The van der Waals surface area contributed by atoms with Gasteiger partial charge in [0.15, 0.2) is 0 Å². The Morgan fingerprint density at radius 3 is 2.73 bits per heavy atom. The summed E-state index contributed by atoms with van der Waals surface area (Å²) in [4.78, 5) is 12.4. The standard InChI is InChI=1S/C17H24N2O2.ClH/c1-2-8-21-16-5-3-4-12(9-16)17(20)19-15-10-13-6-7-14(11-15)18-13;/h3-5,9,13-15,18H,2,6-8,10-11H2,1H3,(H,19,20);1H. The van der Waals surface area contributed by atoms with Crippen LogP contribution in [0.25, 0.3) is 0 Å². The molecule has 2 atom stereocenters. The van der Waals surface area contributed by atoms with E-state index >= 15 is 0 Å². The number of halogens is 1. The first-order chi connectivity index (χ1) is 10.2. The van der Waals surface area contributed by atoms with Crippen molar-refractivity contribution < 1.29 is 9.53 Å². The summed E-state index contributed by atoms with van der Waals surface area (Å²) in [5.74, 6) is 0.790. The van der Waals surface area contributed by atoms with Crippen LogP contribution in [-0.4, -0.2) is 30.6 Å². The molecular weight excluding hydrogens is 300 g/mol. The van der Waals surface area contributed by atoms with E-state index in [1.165, 1.54) is 12.8 Å². The van der Waals surface area contributed by atoms with E-state index in [0.29, 0.717) is 30.3 Å². The average molecular weight is 325 g/mol. The molecule has 2 aliphatic rings. The number of piperidine rings is 1. The molecule has 0 aliphatic carbocycles. The van der Waals surface area contributed by atoms with Crippen molar-refractivity contribution in [2.75, 3.05) is 6.61 Å². The monoisotopic (exact) mass is 324 g/mol. The van der Waals surface area contributed by atoms with Crippen LogP contribution in [0.3, 0.4) is 0 Å². The number of hydrogen-bond donors (Lipinski definition) is 2. The molecule has 2 aliphatic heterocycles. The van der Waals surface area contributed by atoms with Crippen molar-refractivity contribution in [3.05, 3.63) is 29.8 Å². The lowest BCUT2D eigenvalue weighted by molar-refractivity contribution is 0.0923. The number of carbonyl (C=O) groups is 1. The van der Waals surface area contributed by atoms with Gasteiger partial charge in [-0.05, 0) is 50.3 Å². The van der Waals surface area contributed by atoms with Gasteiger partial charge in [-0.3, -0.25) is 4.79 Å². The fourth-order valence-electron chi connectivity index (χ4n) is 3.39. The van der Waals surface area contributed by atoms with Crippen LogP contribution in [0.15, 0.2) is 24.3 Å². The molecule has 0 aromatic heterocycles. The first kappa shape index (κ1) is 17.1. The molecule has 0 spiro atoms. The Balaban J connectivity index is 0.00000176. The lowest BCUT2D eigenvalue weighted by Crippen LogP contribution is -2.48. The quantitative estimate of drug-likeness (QED) is 0.875. The van der Waals surface area contributed by atoms with Crippen LogP contribution in [0.2, 0.25) is 0 Å². The van der Waals surface area contributed by atoms with Crippen molar-refractivity contribution >= 4 is 18.3 Å². The molecule has 0 saturated carbocycles. The van der Waals surface area contributed by atoms with Gasteiger partial charge in [0, 0.05) is 23.7 Å². The van der Waals surface area contributed by atoms with Gasteiger partial charge in [-0.25, -0.2) is 0 Å². The van der Waals surface area contributed by atoms with Gasteiger partial charge in [-0.15, -0.1) is 12.4 Å². The Hall–Kier alpha value is -1.26. The van der Waals surface area contributed by atoms with Gasteiger partial charge in [0.2, 0.25) is 0 Å². The molecule has 4 nitrogen and oxygen atoms in total. The number of rotatable bonds is 5. The molecule has 2 fully saturated rings. The second kappa shape index (κ2) is 7.84. The zero-order valence-electron chi connectivity index (χ0n) is 13.0. The summed E-state index contributed by atoms with van der Waals surface area (Å²) in [6.07, 6.45) is 5.56. The average Bonchev–Trinajstić information content (AvgIpc) is 2.84. The number of hydrogen-bond acceptors (Lipinski definition) is 3. The van der Waals surface area contributed by atoms with Crippen molar-refractivity contribution in [1.29, 1.82) is 0 Å². The van der Waals surface area contributed by atoms with Crippen LogP contribution >= 0.6 is 12.4 Å². The maximum atomic E-state index is 12.4. The van der Waals surface area contributed by atoms with E-state index in [0.717, 1.165) is 25.0 Å². The predicted octanol–water partition coefficient (Wildman–Crippen LogP) is 2.91. The molecule has 1 aromatic rings. The third-order valence-electron chi connectivity index (χ3n) is 4.38. The largest absolute Gasteiger partial charge is 0.494 e. The predicted molar refractivity (Wildman–Crippen MR) is 89.9 cm³/mol. The highest BCUT2D eigenvalue weighted by Gasteiger charge is 2.34. The minimum Gasteiger partial charge on any atom is -0.494 e. The highest BCUT2D eigenvalue weighted by Crippen LogP contribution is 2.27. The van der Waals surface area contributed by atoms with Crippen molar-refractivity contribution in [1.82, 2.24) is 10.6 Å². The summed E-state index contributed by atoms with van der Waals surface area (Å²) in [6.45, 7) is 2.75. The normalized spacial score (nSPS) is 26.1. The van der Waals surface area contributed by atoms with Crippen LogP contribution < -0.4 is 15.4 Å². The molecule has 1 aromatic carbocycles. The zero-order chi connectivity index (χ0) is 14.7. The molecule has 0 radical (unpaired) electrons. The zero-order valence-corrected chi connectivity index (χ0v) is 13.8. The number of amides is 1. The Kier molecular flexibility index (Phi) is 6.09. The molecule has 3 rings (SSSR count). The van der Waals surface area contributed by atoms with Gasteiger partial charge in [0.1, 0.15) is 5.75 Å². The smallest absolute Gasteiger partial charge is 0.251 e. The highest BCUT2D eigenvalue weighted by atomic mass is 35.5. The molecule has 122 valence electrons. The van der Waals surface area contributed by atoms with E-state index < -0.39 is 0 Å². The molecule has 2 bridgehead atoms. The summed E-state index contributed by atoms with van der Waals surface area (Å²) < 4.78 is 5.59. The third kappa shape index (κ3) is 4.14. The molecule has 2 heterocycles. The summed E-state index contributed by atoms with van der Waals surface area (Å²) in [7, 11) is 0. The molecule has 5 heteroatoms. The van der Waals surface area contributed by atoms with Crippen molar-refractivity contribution in [3.8, 4) is 5.75 Å². The highest BCUT2D eigenvalue weighted by molar-refractivity contribution is 5.94. The third-order valence-corrected chi connectivity index (χ3v) is 4.38. The Bertz CT molecular complexity index is 497. The molecular formula is C17H25ClN2O2. The van der Waals surface area contributed by atoms with Crippen LogP contribution in [0.1, 0.15) is 49.4 Å². The van der Waals surface area contributed by atoms with E-state index in [-0.39, 0.29) is 18.3 Å². The molecule has 2 saturated heterocycles. The second-order valence-electron chi connectivity index (χ2n) is 6.16. The molecule has 2 N–H and O–H groups in total. The lowest BCUT2D eigenvalue weighted by Gasteiger charge is -2.29. The first-order valence-electron chi connectivity index (χ1n) is 8.04. The fraction of sp³-hybridized carbons (Fsp3) is 0.588. The van der Waals surface area contributed by atoms with Crippen LogP contribution in [0, 0.1) is 0 Å². The number of ether oxygens (including phenoxy) is 1. The van der Waals surface area contributed by atoms with E-state index in [4.69, 9.17) is 4.74 Å². The maximum absolute atomic E-state index is 12.4. The summed E-state index contributed by atoms with van der Waals surface area (Å²) in [5, 5.41) is 6.78. The van der Waals surface area contributed by atoms with Gasteiger partial charge in [-0.1, -0.05) is 13.0 Å². The van der Waals surface area contributed by atoms with Gasteiger partial charge in [0.05, 0.1) is 6.61 Å². The van der Waals surface area contributed by atoms with Crippen LogP contribution in [-0.2, 0) is 0 Å². The molecule has 22 heavy (non-hydrogen) atoms. The van der Waals surface area contributed by atoms with Crippen molar-refractivity contribution in [3.63, 3.8) is 0 Å². The Labute approximate surface area is 138 Å². The van der Waals surface area contributed by atoms with Gasteiger partial charge >= 0.3 is 0 Å². The van der Waals surface area contributed by atoms with Crippen molar-refractivity contribution in [2.24, 2.45) is 0 Å². The second-order valence-corrected chi connectivity index (χ2v) is 6.16. The summed E-state index contributed by atoms with van der Waals surface area (Å²) in [6, 6.07) is 8.95. The minimum absolute atomic E-state index is 0. The number of carbonyl (C=O) groups excluding carboxylic acids is 1. The first-order valence-corrected chi connectivity index (χ1v) is 8.04. The lowest BCUT2D eigenvalue weighted by atomic mass is 9.99. The topological polar surface area (TPSA) is 50.4 Å². The minimum atomic E-state index is 0. The van der Waals surface area contributed by atoms with Gasteiger partial charge in [-0.2, -0.15) is 0 Å². The summed E-state index contributed by atoms with van der Waals surface area (Å²) in [5.41, 5.74) is 0.689. The Morgan fingerprint density at radius 1 is 1.32 bits per heavy atom. The number of benzene rings is 1. The van der Waals surface area contributed by atoms with Gasteiger partial charge in [0.25, 0.3) is 5.91 Å². The van der Waals surface area contributed by atoms with E-state index in [2.05, 4.69) is 17.6 Å². The molecule has 2 unspecified atom stereocenters. The van der Waals surface area contributed by atoms with E-state index in [9.17, 15) is 4.79 Å². The number of fused-ring (bicyclic) bond motifs is 2. The van der Waals surface area contributed by atoms with Crippen molar-refractivity contribution in [2.45, 2.75) is 57.2 Å². The Morgan fingerprint density at radius 2 is 2.05 bits per heavy atom. The van der Waals surface area contributed by atoms with Crippen LogP contribution in [0.5, 0.6) is 5.75 Å². The molecule has 1 amide bonds. The number of nitrogens with one attached hydrogen (secondary N) is 2.